The number of aryl methyl sites for hydroxylation is 2. The van der Waals surface area contributed by atoms with E-state index in [0.717, 1.165) is 75.3 Å². The molecular formula is C33H42ClN5O. The van der Waals surface area contributed by atoms with Gasteiger partial charge in [-0.25, -0.2) is 9.78 Å². The number of piperidine rings is 1. The lowest BCUT2D eigenvalue weighted by molar-refractivity contribution is 0.160. The van der Waals surface area contributed by atoms with Crippen LogP contribution >= 0.6 is 11.6 Å². The maximum Gasteiger partial charge on any atom is 0.317 e. The van der Waals surface area contributed by atoms with Crippen LogP contribution in [0.5, 0.6) is 0 Å². The summed E-state index contributed by atoms with van der Waals surface area (Å²) >= 11 is 6.57. The van der Waals surface area contributed by atoms with E-state index in [9.17, 15) is 4.79 Å². The van der Waals surface area contributed by atoms with Crippen LogP contribution < -0.4 is 5.32 Å². The maximum atomic E-state index is 13.1. The van der Waals surface area contributed by atoms with E-state index in [1.54, 1.807) is 0 Å². The molecule has 2 atom stereocenters. The monoisotopic (exact) mass is 559 g/mol. The normalized spacial score (nSPS) is 21.9. The first-order valence-electron chi connectivity index (χ1n) is 15.3. The minimum Gasteiger partial charge on any atom is -0.337 e. The predicted molar refractivity (Wildman–Crippen MR) is 160 cm³/mol. The Morgan fingerprint density at radius 3 is 2.65 bits per heavy atom. The van der Waals surface area contributed by atoms with E-state index in [2.05, 4.69) is 45.3 Å². The Balaban J connectivity index is 1.21. The van der Waals surface area contributed by atoms with Gasteiger partial charge in [-0.1, -0.05) is 43.0 Å². The lowest BCUT2D eigenvalue weighted by Gasteiger charge is -2.37. The molecule has 1 saturated carbocycles. The number of hydrogen-bond acceptors (Lipinski definition) is 3. The Morgan fingerprint density at radius 1 is 1.05 bits per heavy atom. The zero-order valence-corrected chi connectivity index (χ0v) is 24.5. The number of benzene rings is 1. The highest BCUT2D eigenvalue weighted by Crippen LogP contribution is 2.46. The summed E-state index contributed by atoms with van der Waals surface area (Å²) in [4.78, 5) is 24.6. The molecule has 1 saturated heterocycles. The van der Waals surface area contributed by atoms with Gasteiger partial charge in [0.2, 0.25) is 0 Å². The number of pyridine rings is 1. The molecule has 2 unspecified atom stereocenters. The summed E-state index contributed by atoms with van der Waals surface area (Å²) < 4.78 is 2.20. The second-order valence-electron chi connectivity index (χ2n) is 12.2. The molecule has 0 radical (unpaired) electrons. The summed E-state index contributed by atoms with van der Waals surface area (Å²) in [5.74, 6) is 1.07. The van der Waals surface area contributed by atoms with Gasteiger partial charge in [0.05, 0.1) is 17.7 Å². The SMILES string of the molecule is Cc1cn(CCCC2Cc3cc(Cl)ccc3C(C3CCN(C(=O)NC4CCCCC4)CC3)c3ncccc32)cn1. The number of carbonyl (C=O) groups is 1. The van der Waals surface area contributed by atoms with Gasteiger partial charge in [-0.05, 0) is 98.6 Å². The molecule has 3 aromatic rings. The van der Waals surface area contributed by atoms with Crippen molar-refractivity contribution in [2.45, 2.75) is 95.6 Å². The molecule has 1 N–H and O–H groups in total. The lowest BCUT2D eigenvalue weighted by Crippen LogP contribution is -2.48. The molecule has 3 heterocycles. The topological polar surface area (TPSA) is 63.1 Å². The van der Waals surface area contributed by atoms with Crippen LogP contribution in [0.15, 0.2) is 49.1 Å². The quantitative estimate of drug-likeness (QED) is 0.346. The number of fused-ring (bicyclic) bond motifs is 2. The Bertz CT molecular complexity index is 1310. The number of likely N-dealkylation sites (tertiary alicyclic amines) is 1. The van der Waals surface area contributed by atoms with Crippen molar-refractivity contribution in [2.75, 3.05) is 13.1 Å². The number of hydrogen-bond donors (Lipinski definition) is 1. The van der Waals surface area contributed by atoms with E-state index in [1.165, 1.54) is 41.6 Å². The second kappa shape index (κ2) is 12.3. The van der Waals surface area contributed by atoms with Gasteiger partial charge >= 0.3 is 6.03 Å². The van der Waals surface area contributed by atoms with Gasteiger partial charge in [0.1, 0.15) is 0 Å². The van der Waals surface area contributed by atoms with Crippen molar-refractivity contribution in [2.24, 2.45) is 5.92 Å². The van der Waals surface area contributed by atoms with Gasteiger partial charge in [0, 0.05) is 49.0 Å². The van der Waals surface area contributed by atoms with Gasteiger partial charge in [-0.15, -0.1) is 0 Å². The highest BCUT2D eigenvalue weighted by Gasteiger charge is 2.37. The molecule has 212 valence electrons. The second-order valence-corrected chi connectivity index (χ2v) is 12.6. The molecule has 7 heteroatoms. The zero-order valence-electron chi connectivity index (χ0n) is 23.7. The van der Waals surface area contributed by atoms with E-state index in [0.29, 0.717) is 17.9 Å². The van der Waals surface area contributed by atoms with Crippen LogP contribution in [0.2, 0.25) is 5.02 Å². The smallest absolute Gasteiger partial charge is 0.317 e. The Morgan fingerprint density at radius 2 is 1.88 bits per heavy atom. The van der Waals surface area contributed by atoms with Gasteiger partial charge < -0.3 is 14.8 Å². The van der Waals surface area contributed by atoms with Crippen LogP contribution in [0.3, 0.4) is 0 Å². The fourth-order valence-electron chi connectivity index (χ4n) is 7.41. The number of carbonyl (C=O) groups excluding carboxylic acids is 1. The van der Waals surface area contributed by atoms with Gasteiger partial charge in [-0.2, -0.15) is 0 Å². The number of nitrogens with zero attached hydrogens (tertiary/aromatic N) is 4. The maximum absolute atomic E-state index is 13.1. The standard InChI is InChI=1S/C33H42ClN5O/c1-23-21-38(22-36-23)16-6-7-25-19-26-20-27(34)11-12-29(26)31(32-30(25)10-5-15-35-32)24-13-17-39(18-14-24)33(40)37-28-8-3-2-4-9-28/h5,10-12,15,20-22,24-25,28,31H,2-4,6-9,13-14,16-19H2,1H3,(H,37,40). The number of halogens is 1. The van der Waals surface area contributed by atoms with Crippen molar-refractivity contribution in [1.29, 1.82) is 0 Å². The molecule has 2 aromatic heterocycles. The first-order chi connectivity index (χ1) is 19.5. The molecule has 2 aliphatic carbocycles. The number of nitrogens with one attached hydrogen (secondary N) is 1. The minimum absolute atomic E-state index is 0.130. The molecular weight excluding hydrogens is 518 g/mol. The van der Waals surface area contributed by atoms with Gasteiger partial charge in [0.15, 0.2) is 0 Å². The highest BCUT2D eigenvalue weighted by molar-refractivity contribution is 6.30. The van der Waals surface area contributed by atoms with Crippen LogP contribution in [-0.2, 0) is 13.0 Å². The number of urea groups is 1. The average Bonchev–Trinajstić information content (AvgIpc) is 3.33. The third kappa shape index (κ3) is 6.07. The van der Waals surface area contributed by atoms with Gasteiger partial charge in [0.25, 0.3) is 0 Å². The van der Waals surface area contributed by atoms with E-state index in [1.807, 2.05) is 30.4 Å². The van der Waals surface area contributed by atoms with E-state index in [4.69, 9.17) is 16.6 Å². The third-order valence-electron chi connectivity index (χ3n) is 9.47. The summed E-state index contributed by atoms with van der Waals surface area (Å²) in [6.07, 6.45) is 17.2. The van der Waals surface area contributed by atoms with Crippen molar-refractivity contribution in [3.63, 3.8) is 0 Å². The summed E-state index contributed by atoms with van der Waals surface area (Å²) in [5, 5.41) is 4.13. The van der Waals surface area contributed by atoms with Crippen molar-refractivity contribution < 1.29 is 4.79 Å². The molecule has 0 spiro atoms. The molecule has 2 fully saturated rings. The Kier molecular flexibility index (Phi) is 8.43. The third-order valence-corrected chi connectivity index (χ3v) is 9.71. The van der Waals surface area contributed by atoms with Crippen molar-refractivity contribution in [3.05, 3.63) is 82.2 Å². The fraction of sp³-hybridized carbons (Fsp3) is 0.545. The first-order valence-corrected chi connectivity index (χ1v) is 15.7. The Labute approximate surface area is 243 Å². The molecule has 0 bridgehead atoms. The summed E-state index contributed by atoms with van der Waals surface area (Å²) in [6.45, 7) is 4.62. The average molecular weight is 560 g/mol. The molecule has 1 aliphatic heterocycles. The predicted octanol–water partition coefficient (Wildman–Crippen LogP) is 7.25. The van der Waals surface area contributed by atoms with Gasteiger partial charge in [-0.3, -0.25) is 4.98 Å². The van der Waals surface area contributed by atoms with Crippen LogP contribution in [0.25, 0.3) is 0 Å². The fourth-order valence-corrected chi connectivity index (χ4v) is 7.60. The van der Waals surface area contributed by atoms with Crippen LogP contribution in [0.1, 0.15) is 97.7 Å². The van der Waals surface area contributed by atoms with Crippen LogP contribution in [-0.4, -0.2) is 44.6 Å². The number of aromatic nitrogens is 3. The largest absolute Gasteiger partial charge is 0.337 e. The number of amides is 2. The highest BCUT2D eigenvalue weighted by atomic mass is 35.5. The molecule has 2 amide bonds. The van der Waals surface area contributed by atoms with Crippen molar-refractivity contribution in [3.8, 4) is 0 Å². The summed E-state index contributed by atoms with van der Waals surface area (Å²) in [5.41, 5.74) is 6.42. The summed E-state index contributed by atoms with van der Waals surface area (Å²) in [6, 6.07) is 11.4. The minimum atomic E-state index is 0.130. The Hall–Kier alpha value is -2.86. The molecule has 3 aliphatic rings. The molecule has 1 aromatic carbocycles. The van der Waals surface area contributed by atoms with Crippen molar-refractivity contribution in [1.82, 2.24) is 24.8 Å². The van der Waals surface area contributed by atoms with E-state index >= 15 is 0 Å². The molecule has 6 nitrogen and oxygen atoms in total. The first kappa shape index (κ1) is 27.3. The number of rotatable bonds is 6. The molecule has 40 heavy (non-hydrogen) atoms. The molecule has 6 rings (SSSR count). The van der Waals surface area contributed by atoms with E-state index in [-0.39, 0.29) is 11.9 Å². The van der Waals surface area contributed by atoms with Crippen LogP contribution in [0, 0.1) is 12.8 Å². The lowest BCUT2D eigenvalue weighted by atomic mass is 9.76. The van der Waals surface area contributed by atoms with E-state index < -0.39 is 0 Å². The number of imidazole rings is 1. The van der Waals surface area contributed by atoms with Crippen LogP contribution in [0.4, 0.5) is 4.79 Å². The van der Waals surface area contributed by atoms with Crippen molar-refractivity contribution >= 4 is 17.6 Å². The zero-order chi connectivity index (χ0) is 27.5. The summed E-state index contributed by atoms with van der Waals surface area (Å²) in [7, 11) is 0.